The fourth-order valence-corrected chi connectivity index (χ4v) is 1.88. The van der Waals surface area contributed by atoms with E-state index in [9.17, 15) is 13.2 Å². The lowest BCUT2D eigenvalue weighted by atomic mass is 10.1. The van der Waals surface area contributed by atoms with Crippen LogP contribution in [0, 0.1) is 13.8 Å². The van der Waals surface area contributed by atoms with Crippen molar-refractivity contribution in [2.45, 2.75) is 20.0 Å². The highest BCUT2D eigenvalue weighted by atomic mass is 19.4. The highest BCUT2D eigenvalue weighted by Gasteiger charge is 2.30. The molecule has 3 N–H and O–H groups in total. The number of benzene rings is 2. The average molecular weight is 280 g/mol. The maximum Gasteiger partial charge on any atom is 0.416 e. The van der Waals surface area contributed by atoms with Crippen molar-refractivity contribution in [3.05, 3.63) is 53.1 Å². The molecule has 0 heterocycles. The summed E-state index contributed by atoms with van der Waals surface area (Å²) in [5, 5.41) is 3.07. The van der Waals surface area contributed by atoms with Gasteiger partial charge in [0.25, 0.3) is 0 Å². The van der Waals surface area contributed by atoms with Crippen LogP contribution >= 0.6 is 0 Å². The monoisotopic (exact) mass is 280 g/mol. The number of alkyl halides is 3. The topological polar surface area (TPSA) is 38.0 Å². The minimum absolute atomic E-state index is 0.0701. The van der Waals surface area contributed by atoms with Gasteiger partial charge in [0.05, 0.1) is 16.9 Å². The molecule has 0 atom stereocenters. The summed E-state index contributed by atoms with van der Waals surface area (Å²) in [6, 6.07) is 9.01. The molecule has 2 nitrogen and oxygen atoms in total. The lowest BCUT2D eigenvalue weighted by Gasteiger charge is -2.15. The van der Waals surface area contributed by atoms with Crippen molar-refractivity contribution in [3.8, 4) is 0 Å². The van der Waals surface area contributed by atoms with Gasteiger partial charge in [-0.15, -0.1) is 0 Å². The van der Waals surface area contributed by atoms with E-state index in [1.165, 1.54) is 6.07 Å². The Hall–Kier alpha value is -2.17. The van der Waals surface area contributed by atoms with E-state index in [4.69, 9.17) is 5.73 Å². The summed E-state index contributed by atoms with van der Waals surface area (Å²) >= 11 is 0. The van der Waals surface area contributed by atoms with Crippen molar-refractivity contribution >= 4 is 17.1 Å². The molecule has 0 saturated heterocycles. The molecule has 2 aromatic carbocycles. The van der Waals surface area contributed by atoms with Gasteiger partial charge in [0.2, 0.25) is 0 Å². The van der Waals surface area contributed by atoms with Gasteiger partial charge >= 0.3 is 6.18 Å². The highest BCUT2D eigenvalue weighted by Crippen LogP contribution is 2.34. The van der Waals surface area contributed by atoms with Crippen molar-refractivity contribution in [3.63, 3.8) is 0 Å². The normalized spacial score (nSPS) is 11.4. The van der Waals surface area contributed by atoms with Gasteiger partial charge in [0.1, 0.15) is 0 Å². The van der Waals surface area contributed by atoms with Gasteiger partial charge in [-0.3, -0.25) is 0 Å². The molecule has 0 unspecified atom stereocenters. The third-order valence-electron chi connectivity index (χ3n) is 3.25. The Morgan fingerprint density at radius 3 is 2.30 bits per heavy atom. The molecule has 0 bridgehead atoms. The number of anilines is 3. The molecule has 5 heteroatoms. The Labute approximate surface area is 115 Å². The van der Waals surface area contributed by atoms with Gasteiger partial charge in [-0.05, 0) is 49.2 Å². The molecule has 0 aliphatic rings. The van der Waals surface area contributed by atoms with Crippen LogP contribution in [0.1, 0.15) is 16.7 Å². The van der Waals surface area contributed by atoms with E-state index in [1.807, 2.05) is 32.0 Å². The smallest absolute Gasteiger partial charge is 0.397 e. The fraction of sp³-hybridized carbons (Fsp3) is 0.200. The van der Waals surface area contributed by atoms with Gasteiger partial charge in [0, 0.05) is 5.69 Å². The van der Waals surface area contributed by atoms with Crippen molar-refractivity contribution in [2.75, 3.05) is 11.1 Å². The van der Waals surface area contributed by atoms with E-state index >= 15 is 0 Å². The summed E-state index contributed by atoms with van der Waals surface area (Å²) in [5.41, 5.74) is 8.44. The van der Waals surface area contributed by atoms with E-state index in [0.717, 1.165) is 28.9 Å². The number of nitrogen functional groups attached to an aromatic ring is 1. The molecule has 0 saturated carbocycles. The van der Waals surface area contributed by atoms with Crippen LogP contribution in [0.2, 0.25) is 0 Å². The molecule has 0 aromatic heterocycles. The number of aryl methyl sites for hydroxylation is 1. The van der Waals surface area contributed by atoms with Crippen molar-refractivity contribution in [1.82, 2.24) is 0 Å². The summed E-state index contributed by atoms with van der Waals surface area (Å²) < 4.78 is 37.7. The van der Waals surface area contributed by atoms with Crippen LogP contribution in [0.25, 0.3) is 0 Å². The quantitative estimate of drug-likeness (QED) is 0.786. The van der Waals surface area contributed by atoms with Crippen LogP contribution in [0.15, 0.2) is 36.4 Å². The molecule has 0 amide bonds. The molecule has 0 fully saturated rings. The van der Waals surface area contributed by atoms with Crippen LogP contribution in [0.5, 0.6) is 0 Å². The number of nitrogens with one attached hydrogen (secondary N) is 1. The second-order valence-electron chi connectivity index (χ2n) is 4.67. The van der Waals surface area contributed by atoms with Crippen molar-refractivity contribution in [2.24, 2.45) is 0 Å². The first-order chi connectivity index (χ1) is 9.29. The van der Waals surface area contributed by atoms with E-state index < -0.39 is 11.7 Å². The Bertz CT molecular complexity index is 634. The molecule has 2 aromatic rings. The molecule has 2 rings (SSSR count). The lowest BCUT2D eigenvalue weighted by Crippen LogP contribution is -2.07. The number of hydrogen-bond donors (Lipinski definition) is 2. The predicted molar refractivity (Wildman–Crippen MR) is 75.1 cm³/mol. The third kappa shape index (κ3) is 2.87. The van der Waals surface area contributed by atoms with E-state index in [0.29, 0.717) is 5.69 Å². The molecular weight excluding hydrogens is 265 g/mol. The summed E-state index contributed by atoms with van der Waals surface area (Å²) in [6.07, 6.45) is -4.38. The molecule has 106 valence electrons. The molecule has 20 heavy (non-hydrogen) atoms. The van der Waals surface area contributed by atoms with Gasteiger partial charge in [-0.25, -0.2) is 0 Å². The Morgan fingerprint density at radius 2 is 1.70 bits per heavy atom. The summed E-state index contributed by atoms with van der Waals surface area (Å²) in [5.74, 6) is 0. The molecule has 0 radical (unpaired) electrons. The zero-order chi connectivity index (χ0) is 14.9. The van der Waals surface area contributed by atoms with Crippen molar-refractivity contribution in [1.29, 1.82) is 0 Å². The second kappa shape index (κ2) is 5.07. The number of rotatable bonds is 2. The number of halogens is 3. The first-order valence-corrected chi connectivity index (χ1v) is 6.09. The van der Waals surface area contributed by atoms with Gasteiger partial charge < -0.3 is 11.1 Å². The van der Waals surface area contributed by atoms with Gasteiger partial charge in [0.15, 0.2) is 0 Å². The lowest BCUT2D eigenvalue weighted by molar-refractivity contribution is -0.137. The van der Waals surface area contributed by atoms with E-state index in [1.54, 1.807) is 0 Å². The molecule has 0 aliphatic heterocycles. The van der Waals surface area contributed by atoms with Crippen LogP contribution in [0.4, 0.5) is 30.2 Å². The molecule has 0 spiro atoms. The maximum atomic E-state index is 12.6. The van der Waals surface area contributed by atoms with Crippen LogP contribution in [-0.4, -0.2) is 0 Å². The van der Waals surface area contributed by atoms with Gasteiger partial charge in [-0.2, -0.15) is 13.2 Å². The van der Waals surface area contributed by atoms with Crippen molar-refractivity contribution < 1.29 is 13.2 Å². The predicted octanol–water partition coefficient (Wildman–Crippen LogP) is 4.65. The van der Waals surface area contributed by atoms with Gasteiger partial charge in [-0.1, -0.05) is 12.1 Å². The van der Waals surface area contributed by atoms with E-state index in [-0.39, 0.29) is 5.69 Å². The Morgan fingerprint density at radius 1 is 1.00 bits per heavy atom. The van der Waals surface area contributed by atoms with Crippen LogP contribution < -0.4 is 11.1 Å². The maximum absolute atomic E-state index is 12.6. The summed E-state index contributed by atoms with van der Waals surface area (Å²) in [6.45, 7) is 3.91. The SMILES string of the molecule is Cc1cccc(Nc2ccc(C(F)(F)F)cc2N)c1C. The Balaban J connectivity index is 2.33. The zero-order valence-corrected chi connectivity index (χ0v) is 11.2. The van der Waals surface area contributed by atoms with Crippen LogP contribution in [-0.2, 0) is 6.18 Å². The molecular formula is C15H15F3N2. The average Bonchev–Trinajstić information content (AvgIpc) is 2.36. The first kappa shape index (κ1) is 14.2. The third-order valence-corrected chi connectivity index (χ3v) is 3.25. The summed E-state index contributed by atoms with van der Waals surface area (Å²) in [4.78, 5) is 0. The summed E-state index contributed by atoms with van der Waals surface area (Å²) in [7, 11) is 0. The second-order valence-corrected chi connectivity index (χ2v) is 4.67. The standard InChI is InChI=1S/C15H15F3N2/c1-9-4-3-5-13(10(9)2)20-14-7-6-11(8-12(14)19)15(16,17)18/h3-8,20H,19H2,1-2H3. The number of nitrogens with two attached hydrogens (primary N) is 1. The largest absolute Gasteiger partial charge is 0.416 e. The first-order valence-electron chi connectivity index (χ1n) is 6.09. The fourth-order valence-electron chi connectivity index (χ4n) is 1.88. The highest BCUT2D eigenvalue weighted by molar-refractivity contribution is 5.75. The van der Waals surface area contributed by atoms with Crippen LogP contribution in [0.3, 0.4) is 0 Å². The Kier molecular flexibility index (Phi) is 3.61. The number of hydrogen-bond acceptors (Lipinski definition) is 2. The minimum atomic E-state index is -4.38. The minimum Gasteiger partial charge on any atom is -0.397 e. The van der Waals surface area contributed by atoms with E-state index in [2.05, 4.69) is 5.32 Å². The molecule has 0 aliphatic carbocycles. The zero-order valence-electron chi connectivity index (χ0n) is 11.2.